The summed E-state index contributed by atoms with van der Waals surface area (Å²) >= 11 is 12.1. The fraction of sp³-hybridized carbons (Fsp3) is 0.278. The highest BCUT2D eigenvalue weighted by atomic mass is 35.5. The van der Waals surface area contributed by atoms with Gasteiger partial charge in [-0.05, 0) is 36.6 Å². The van der Waals surface area contributed by atoms with Gasteiger partial charge in [0.1, 0.15) is 0 Å². The number of halogens is 2. The molecular weight excluding hydrogens is 331 g/mol. The molecular formula is C18H18Cl2N2O. The summed E-state index contributed by atoms with van der Waals surface area (Å²) in [7, 11) is 0. The van der Waals surface area contributed by atoms with Crippen molar-refractivity contribution in [2.45, 2.75) is 19.3 Å². The summed E-state index contributed by atoms with van der Waals surface area (Å²) in [6, 6.07) is 13.6. The largest absolute Gasteiger partial charge is 0.383 e. The fourth-order valence-electron chi connectivity index (χ4n) is 2.87. The lowest BCUT2D eigenvalue weighted by Crippen LogP contribution is -2.36. The Kier molecular flexibility index (Phi) is 5.09. The molecule has 2 aromatic rings. The molecule has 1 amide bonds. The van der Waals surface area contributed by atoms with Crippen molar-refractivity contribution in [1.82, 2.24) is 0 Å². The van der Waals surface area contributed by atoms with Crippen LogP contribution in [0.2, 0.25) is 10.0 Å². The molecule has 0 aliphatic carbocycles. The van der Waals surface area contributed by atoms with Crippen LogP contribution in [0.4, 0.5) is 11.4 Å². The summed E-state index contributed by atoms with van der Waals surface area (Å²) in [5.74, 6) is 0.128. The van der Waals surface area contributed by atoms with E-state index in [2.05, 4.69) is 11.4 Å². The summed E-state index contributed by atoms with van der Waals surface area (Å²) in [4.78, 5) is 14.4. The van der Waals surface area contributed by atoms with E-state index >= 15 is 0 Å². The predicted molar refractivity (Wildman–Crippen MR) is 96.7 cm³/mol. The molecule has 0 spiro atoms. The van der Waals surface area contributed by atoms with Crippen molar-refractivity contribution in [3.05, 3.63) is 58.1 Å². The van der Waals surface area contributed by atoms with Crippen LogP contribution in [-0.4, -0.2) is 19.0 Å². The van der Waals surface area contributed by atoms with Crippen molar-refractivity contribution in [3.63, 3.8) is 0 Å². The van der Waals surface area contributed by atoms with Crippen molar-refractivity contribution in [1.29, 1.82) is 0 Å². The third kappa shape index (κ3) is 3.62. The van der Waals surface area contributed by atoms with Crippen LogP contribution >= 0.6 is 23.2 Å². The van der Waals surface area contributed by atoms with E-state index in [1.807, 2.05) is 35.2 Å². The van der Waals surface area contributed by atoms with Gasteiger partial charge in [-0.1, -0.05) is 47.5 Å². The number of nitrogens with one attached hydrogen (secondary N) is 1. The Morgan fingerprint density at radius 3 is 2.83 bits per heavy atom. The fourth-order valence-corrected chi connectivity index (χ4v) is 3.24. The number of aryl methyl sites for hydroxylation is 1. The number of carbonyl (C=O) groups excluding carboxylic acids is 1. The highest BCUT2D eigenvalue weighted by molar-refractivity contribution is 6.43. The van der Waals surface area contributed by atoms with Crippen LogP contribution in [0.3, 0.4) is 0 Å². The lowest BCUT2D eigenvalue weighted by Gasteiger charge is -2.29. The number of nitrogens with zero attached hydrogens (tertiary/aromatic N) is 1. The van der Waals surface area contributed by atoms with E-state index in [9.17, 15) is 4.79 Å². The number of amides is 1. The molecule has 0 aromatic heterocycles. The van der Waals surface area contributed by atoms with Crippen LogP contribution < -0.4 is 10.2 Å². The Labute approximate surface area is 146 Å². The average Bonchev–Trinajstić information content (AvgIpc) is 2.58. The standard InChI is InChI=1S/C18H18Cl2N2O/c19-14-7-3-8-15(18(14)20)21-11-10-17(23)22-12-4-6-13-5-1-2-9-16(13)22/h1-3,5,7-9,21H,4,6,10-12H2. The normalized spacial score (nSPS) is 13.6. The van der Waals surface area contributed by atoms with Crippen LogP contribution in [0.15, 0.2) is 42.5 Å². The van der Waals surface area contributed by atoms with Gasteiger partial charge in [-0.2, -0.15) is 0 Å². The number of fused-ring (bicyclic) bond motifs is 1. The maximum atomic E-state index is 12.5. The van der Waals surface area contributed by atoms with E-state index in [1.54, 1.807) is 6.07 Å². The van der Waals surface area contributed by atoms with Gasteiger partial charge in [-0.25, -0.2) is 0 Å². The number of hydrogen-bond donors (Lipinski definition) is 1. The first kappa shape index (κ1) is 16.2. The molecule has 0 saturated heterocycles. The van der Waals surface area contributed by atoms with Crippen LogP contribution in [0.5, 0.6) is 0 Å². The van der Waals surface area contributed by atoms with Gasteiger partial charge >= 0.3 is 0 Å². The lowest BCUT2D eigenvalue weighted by atomic mass is 10.0. The molecule has 3 rings (SSSR count). The van der Waals surface area contributed by atoms with Gasteiger partial charge in [-0.15, -0.1) is 0 Å². The van der Waals surface area contributed by atoms with E-state index in [4.69, 9.17) is 23.2 Å². The SMILES string of the molecule is O=C(CCNc1cccc(Cl)c1Cl)N1CCCc2ccccc21. The zero-order valence-electron chi connectivity index (χ0n) is 12.7. The molecule has 5 heteroatoms. The number of anilines is 2. The van der Waals surface area contributed by atoms with Crippen LogP contribution in [0.25, 0.3) is 0 Å². The zero-order valence-corrected chi connectivity index (χ0v) is 14.2. The average molecular weight is 349 g/mol. The van der Waals surface area contributed by atoms with Crippen molar-refractivity contribution in [2.24, 2.45) is 0 Å². The third-order valence-electron chi connectivity index (χ3n) is 4.02. The van der Waals surface area contributed by atoms with Crippen LogP contribution in [-0.2, 0) is 11.2 Å². The number of hydrogen-bond acceptors (Lipinski definition) is 2. The topological polar surface area (TPSA) is 32.3 Å². The maximum Gasteiger partial charge on any atom is 0.228 e. The lowest BCUT2D eigenvalue weighted by molar-refractivity contribution is -0.118. The summed E-state index contributed by atoms with van der Waals surface area (Å²) in [6.07, 6.45) is 2.46. The van der Waals surface area contributed by atoms with Crippen LogP contribution in [0, 0.1) is 0 Å². The number of rotatable bonds is 4. The van der Waals surface area contributed by atoms with Gasteiger partial charge in [0.05, 0.1) is 15.7 Å². The van der Waals surface area contributed by atoms with Gasteiger partial charge in [0.25, 0.3) is 0 Å². The molecule has 1 aliphatic heterocycles. The van der Waals surface area contributed by atoms with E-state index < -0.39 is 0 Å². The number of para-hydroxylation sites is 1. The van der Waals surface area contributed by atoms with E-state index in [0.717, 1.165) is 30.8 Å². The predicted octanol–water partition coefficient (Wildman–Crippen LogP) is 4.77. The molecule has 0 unspecified atom stereocenters. The van der Waals surface area contributed by atoms with Gasteiger partial charge in [0, 0.05) is 25.2 Å². The quantitative estimate of drug-likeness (QED) is 0.862. The van der Waals surface area contributed by atoms with E-state index in [1.165, 1.54) is 5.56 Å². The number of benzene rings is 2. The summed E-state index contributed by atoms with van der Waals surface area (Å²) in [5, 5.41) is 4.18. The summed E-state index contributed by atoms with van der Waals surface area (Å²) < 4.78 is 0. The molecule has 1 heterocycles. The molecule has 1 N–H and O–H groups in total. The van der Waals surface area contributed by atoms with Gasteiger partial charge < -0.3 is 10.2 Å². The molecule has 0 radical (unpaired) electrons. The molecule has 0 fully saturated rings. The minimum atomic E-state index is 0.128. The summed E-state index contributed by atoms with van der Waals surface area (Å²) in [5.41, 5.74) is 3.05. The molecule has 0 bridgehead atoms. The van der Waals surface area contributed by atoms with E-state index in [0.29, 0.717) is 23.0 Å². The Hall–Kier alpha value is -1.71. The second kappa shape index (κ2) is 7.24. The highest BCUT2D eigenvalue weighted by Gasteiger charge is 2.21. The smallest absolute Gasteiger partial charge is 0.228 e. The van der Waals surface area contributed by atoms with Gasteiger partial charge in [0.15, 0.2) is 0 Å². The second-order valence-electron chi connectivity index (χ2n) is 5.56. The first-order chi connectivity index (χ1) is 11.2. The third-order valence-corrected chi connectivity index (χ3v) is 4.84. The molecule has 0 saturated carbocycles. The van der Waals surface area contributed by atoms with Crippen molar-refractivity contribution in [2.75, 3.05) is 23.3 Å². The monoisotopic (exact) mass is 348 g/mol. The summed E-state index contributed by atoms with van der Waals surface area (Å²) in [6.45, 7) is 1.31. The molecule has 1 aliphatic rings. The molecule has 0 atom stereocenters. The Balaban J connectivity index is 1.61. The van der Waals surface area contributed by atoms with Crippen molar-refractivity contribution < 1.29 is 4.79 Å². The zero-order chi connectivity index (χ0) is 16.2. The maximum absolute atomic E-state index is 12.5. The second-order valence-corrected chi connectivity index (χ2v) is 6.34. The van der Waals surface area contributed by atoms with E-state index in [-0.39, 0.29) is 5.91 Å². The molecule has 120 valence electrons. The van der Waals surface area contributed by atoms with Crippen molar-refractivity contribution in [3.8, 4) is 0 Å². The molecule has 2 aromatic carbocycles. The van der Waals surface area contributed by atoms with Gasteiger partial charge in [-0.3, -0.25) is 4.79 Å². The minimum Gasteiger partial charge on any atom is -0.383 e. The Morgan fingerprint density at radius 1 is 1.13 bits per heavy atom. The first-order valence-corrected chi connectivity index (χ1v) is 8.48. The van der Waals surface area contributed by atoms with Crippen molar-refractivity contribution >= 4 is 40.5 Å². The highest BCUT2D eigenvalue weighted by Crippen LogP contribution is 2.30. The number of carbonyl (C=O) groups is 1. The molecule has 3 nitrogen and oxygen atoms in total. The minimum absolute atomic E-state index is 0.128. The van der Waals surface area contributed by atoms with Crippen LogP contribution in [0.1, 0.15) is 18.4 Å². The Morgan fingerprint density at radius 2 is 1.96 bits per heavy atom. The first-order valence-electron chi connectivity index (χ1n) is 7.73. The molecule has 23 heavy (non-hydrogen) atoms. The van der Waals surface area contributed by atoms with Gasteiger partial charge in [0.2, 0.25) is 5.91 Å². The Bertz CT molecular complexity index is 718.